The van der Waals surface area contributed by atoms with Crippen molar-refractivity contribution in [3.05, 3.63) is 0 Å². The van der Waals surface area contributed by atoms with E-state index in [-0.39, 0.29) is 23.9 Å². The molecular formula is C9H16ClNO5S. The van der Waals surface area contributed by atoms with Gasteiger partial charge in [0.15, 0.2) is 9.84 Å². The van der Waals surface area contributed by atoms with Crippen LogP contribution in [0.2, 0.25) is 0 Å². The van der Waals surface area contributed by atoms with Gasteiger partial charge in [-0.15, -0.1) is 11.6 Å². The van der Waals surface area contributed by atoms with Gasteiger partial charge >= 0.3 is 0 Å². The summed E-state index contributed by atoms with van der Waals surface area (Å²) in [6.45, 7) is -0.576. The molecule has 0 unspecified atom stereocenters. The average molecular weight is 286 g/mol. The minimum Gasteiger partial charge on any atom is -0.394 e. The van der Waals surface area contributed by atoms with Crippen LogP contribution in [0.15, 0.2) is 0 Å². The van der Waals surface area contributed by atoms with Crippen LogP contribution in [0.4, 0.5) is 0 Å². The van der Waals surface area contributed by atoms with E-state index in [9.17, 15) is 18.3 Å². The molecule has 0 aromatic rings. The molecule has 100 valence electrons. The van der Waals surface area contributed by atoms with Gasteiger partial charge in [-0.3, -0.25) is 4.79 Å². The molecule has 0 spiro atoms. The summed E-state index contributed by atoms with van der Waals surface area (Å²) in [5, 5.41) is 18.1. The molecule has 0 aromatic carbocycles. The minimum absolute atomic E-state index is 0.0406. The van der Waals surface area contributed by atoms with Crippen LogP contribution in [-0.2, 0) is 14.6 Å². The summed E-state index contributed by atoms with van der Waals surface area (Å²) in [6.07, 6.45) is -0.728. The van der Waals surface area contributed by atoms with Gasteiger partial charge in [-0.1, -0.05) is 0 Å². The van der Waals surface area contributed by atoms with E-state index >= 15 is 0 Å². The smallest absolute Gasteiger partial charge is 0.237 e. The first kappa shape index (κ1) is 14.7. The van der Waals surface area contributed by atoms with Crippen molar-refractivity contribution in [1.82, 2.24) is 4.90 Å². The molecule has 6 nitrogen and oxygen atoms in total. The van der Waals surface area contributed by atoms with Crippen LogP contribution >= 0.6 is 11.6 Å². The topological polar surface area (TPSA) is 94.9 Å². The number of aliphatic hydroxyl groups excluding tert-OH is 2. The highest BCUT2D eigenvalue weighted by atomic mass is 35.5. The van der Waals surface area contributed by atoms with Gasteiger partial charge in [-0.25, -0.2) is 8.42 Å². The van der Waals surface area contributed by atoms with E-state index in [0.717, 1.165) is 0 Å². The van der Waals surface area contributed by atoms with Crippen molar-refractivity contribution >= 4 is 27.3 Å². The van der Waals surface area contributed by atoms with Crippen LogP contribution in [0.1, 0.15) is 6.42 Å². The summed E-state index contributed by atoms with van der Waals surface area (Å²) in [5.74, 6) is -0.761. The van der Waals surface area contributed by atoms with Gasteiger partial charge in [0.25, 0.3) is 0 Å². The van der Waals surface area contributed by atoms with Gasteiger partial charge in [0, 0.05) is 12.6 Å². The van der Waals surface area contributed by atoms with Crippen LogP contribution in [0, 0.1) is 0 Å². The second kappa shape index (κ2) is 5.99. The Hall–Kier alpha value is -0.370. The molecule has 1 saturated heterocycles. The average Bonchev–Trinajstić information content (AvgIpc) is 2.64. The van der Waals surface area contributed by atoms with E-state index < -0.39 is 34.5 Å². The lowest BCUT2D eigenvalue weighted by atomic mass is 10.2. The molecule has 2 atom stereocenters. The Bertz CT molecular complexity index is 372. The Morgan fingerprint density at radius 1 is 1.53 bits per heavy atom. The first-order valence-electron chi connectivity index (χ1n) is 5.24. The molecule has 1 rings (SSSR count). The Morgan fingerprint density at radius 2 is 2.18 bits per heavy atom. The summed E-state index contributed by atoms with van der Waals surface area (Å²) in [4.78, 5) is 12.8. The molecule has 1 aliphatic heterocycles. The number of alkyl halides is 1. The number of hydrogen-bond donors (Lipinski definition) is 2. The SMILES string of the molecule is O=C(CCl)N(C[C@H](O)CO)[C@@H]1CCS(=O)(=O)C1. The number of amides is 1. The summed E-state index contributed by atoms with van der Waals surface area (Å²) >= 11 is 5.44. The Balaban J connectivity index is 2.74. The van der Waals surface area contributed by atoms with E-state index in [0.29, 0.717) is 6.42 Å². The van der Waals surface area contributed by atoms with E-state index in [1.54, 1.807) is 0 Å². The maximum absolute atomic E-state index is 11.6. The highest BCUT2D eigenvalue weighted by molar-refractivity contribution is 7.91. The zero-order chi connectivity index (χ0) is 13.1. The summed E-state index contributed by atoms with van der Waals surface area (Å²) in [5.41, 5.74) is 0. The zero-order valence-electron chi connectivity index (χ0n) is 9.25. The molecule has 8 heteroatoms. The number of nitrogens with zero attached hydrogens (tertiary/aromatic N) is 1. The van der Waals surface area contributed by atoms with Crippen LogP contribution in [-0.4, -0.2) is 72.1 Å². The summed E-state index contributed by atoms with van der Waals surface area (Å²) in [7, 11) is -3.11. The van der Waals surface area contributed by atoms with Crippen LogP contribution < -0.4 is 0 Å². The van der Waals surface area contributed by atoms with Crippen molar-refractivity contribution in [3.8, 4) is 0 Å². The third-order valence-corrected chi connectivity index (χ3v) is 4.68. The highest BCUT2D eigenvalue weighted by Crippen LogP contribution is 2.18. The second-order valence-corrected chi connectivity index (χ2v) is 6.57. The molecule has 0 radical (unpaired) electrons. The Kier molecular flexibility index (Phi) is 5.18. The molecule has 0 saturated carbocycles. The van der Waals surface area contributed by atoms with Crippen molar-refractivity contribution in [2.75, 3.05) is 30.5 Å². The van der Waals surface area contributed by atoms with Crippen molar-refractivity contribution in [1.29, 1.82) is 0 Å². The molecular weight excluding hydrogens is 270 g/mol. The third-order valence-electron chi connectivity index (χ3n) is 2.70. The van der Waals surface area contributed by atoms with Gasteiger partial charge in [0.2, 0.25) is 5.91 Å². The number of rotatable bonds is 5. The second-order valence-electron chi connectivity index (χ2n) is 4.07. The quantitative estimate of drug-likeness (QED) is 0.606. The number of carbonyl (C=O) groups is 1. The lowest BCUT2D eigenvalue weighted by Crippen LogP contribution is -2.46. The normalized spacial score (nSPS) is 24.5. The van der Waals surface area contributed by atoms with Gasteiger partial charge in [-0.2, -0.15) is 0 Å². The van der Waals surface area contributed by atoms with Crippen LogP contribution in [0.3, 0.4) is 0 Å². The van der Waals surface area contributed by atoms with Gasteiger partial charge in [0.05, 0.1) is 24.2 Å². The lowest BCUT2D eigenvalue weighted by Gasteiger charge is -2.29. The number of carbonyl (C=O) groups excluding carboxylic acids is 1. The molecule has 0 aromatic heterocycles. The van der Waals surface area contributed by atoms with Gasteiger partial charge in [-0.05, 0) is 6.42 Å². The van der Waals surface area contributed by atoms with E-state index in [1.807, 2.05) is 0 Å². The zero-order valence-corrected chi connectivity index (χ0v) is 10.8. The molecule has 1 fully saturated rings. The molecule has 1 heterocycles. The number of aliphatic hydroxyl groups is 2. The van der Waals surface area contributed by atoms with Crippen molar-refractivity contribution in [3.63, 3.8) is 0 Å². The molecule has 1 aliphatic rings. The predicted molar refractivity (Wildman–Crippen MR) is 62.6 cm³/mol. The van der Waals surface area contributed by atoms with Crippen molar-refractivity contribution in [2.24, 2.45) is 0 Å². The number of sulfone groups is 1. The number of hydrogen-bond acceptors (Lipinski definition) is 5. The molecule has 2 N–H and O–H groups in total. The van der Waals surface area contributed by atoms with Gasteiger partial charge in [0.1, 0.15) is 5.88 Å². The molecule has 17 heavy (non-hydrogen) atoms. The maximum Gasteiger partial charge on any atom is 0.237 e. The van der Waals surface area contributed by atoms with Crippen LogP contribution in [0.5, 0.6) is 0 Å². The summed E-state index contributed by atoms with van der Waals surface area (Å²) in [6, 6.07) is -0.451. The number of halogens is 1. The maximum atomic E-state index is 11.6. The molecule has 0 aliphatic carbocycles. The third kappa shape index (κ3) is 4.09. The fourth-order valence-corrected chi connectivity index (χ4v) is 3.72. The minimum atomic E-state index is -3.11. The van der Waals surface area contributed by atoms with Crippen molar-refractivity contribution < 1.29 is 23.4 Å². The first-order chi connectivity index (χ1) is 7.89. The first-order valence-corrected chi connectivity index (χ1v) is 7.60. The Morgan fingerprint density at radius 3 is 2.59 bits per heavy atom. The Labute approximate surface area is 105 Å². The largest absolute Gasteiger partial charge is 0.394 e. The van der Waals surface area contributed by atoms with Crippen molar-refractivity contribution in [2.45, 2.75) is 18.6 Å². The fourth-order valence-electron chi connectivity index (χ4n) is 1.84. The fraction of sp³-hybridized carbons (Fsp3) is 0.889. The van der Waals surface area contributed by atoms with Gasteiger partial charge < -0.3 is 15.1 Å². The monoisotopic (exact) mass is 285 g/mol. The molecule has 0 bridgehead atoms. The van der Waals surface area contributed by atoms with E-state index in [4.69, 9.17) is 16.7 Å². The lowest BCUT2D eigenvalue weighted by molar-refractivity contribution is -0.132. The van der Waals surface area contributed by atoms with E-state index in [2.05, 4.69) is 0 Å². The predicted octanol–water partition coefficient (Wildman–Crippen LogP) is -1.41. The standard InChI is InChI=1S/C9H16ClNO5S/c10-3-9(14)11(4-8(13)5-12)7-1-2-17(15,16)6-7/h7-8,12-13H,1-6H2/t7-,8+/m1/s1. The highest BCUT2D eigenvalue weighted by Gasteiger charge is 2.35. The summed E-state index contributed by atoms with van der Waals surface area (Å²) < 4.78 is 22.7. The van der Waals surface area contributed by atoms with Crippen LogP contribution in [0.25, 0.3) is 0 Å². The molecule has 1 amide bonds. The van der Waals surface area contributed by atoms with E-state index in [1.165, 1.54) is 4.90 Å².